The fourth-order valence-corrected chi connectivity index (χ4v) is 4.42. The predicted octanol–water partition coefficient (Wildman–Crippen LogP) is 0.189. The van der Waals surface area contributed by atoms with Gasteiger partial charge in [0.25, 0.3) is 5.91 Å². The molecule has 0 aliphatic carbocycles. The average molecular weight is 353 g/mol. The molecule has 2 N–H and O–H groups in total. The molecule has 0 atom stereocenters. The third kappa shape index (κ3) is 3.94. The van der Waals surface area contributed by atoms with Crippen molar-refractivity contribution in [2.45, 2.75) is 23.8 Å². The van der Waals surface area contributed by atoms with Gasteiger partial charge in [0.15, 0.2) is 0 Å². The molecule has 132 valence electrons. The van der Waals surface area contributed by atoms with Crippen LogP contribution in [0.15, 0.2) is 29.2 Å². The van der Waals surface area contributed by atoms with Gasteiger partial charge in [-0.1, -0.05) is 6.07 Å². The van der Waals surface area contributed by atoms with E-state index in [0.29, 0.717) is 31.9 Å². The van der Waals surface area contributed by atoms with Gasteiger partial charge in [0, 0.05) is 24.7 Å². The summed E-state index contributed by atoms with van der Waals surface area (Å²) in [6.45, 7) is 3.25. The zero-order valence-corrected chi connectivity index (χ0v) is 14.3. The van der Waals surface area contributed by atoms with Crippen LogP contribution in [-0.2, 0) is 14.8 Å². The highest BCUT2D eigenvalue weighted by Gasteiger charge is 2.27. The van der Waals surface area contributed by atoms with Crippen LogP contribution in [0, 0.1) is 0 Å². The van der Waals surface area contributed by atoms with Crippen LogP contribution in [0.1, 0.15) is 23.2 Å². The average Bonchev–Trinajstić information content (AvgIpc) is 2.63. The fourth-order valence-electron chi connectivity index (χ4n) is 2.97. The second kappa shape index (κ2) is 7.60. The monoisotopic (exact) mass is 353 g/mol. The zero-order chi connectivity index (χ0) is 17.0. The van der Waals surface area contributed by atoms with Crippen molar-refractivity contribution < 1.29 is 17.9 Å². The summed E-state index contributed by atoms with van der Waals surface area (Å²) in [5.41, 5.74) is 0.378. The number of morpholine rings is 1. The van der Waals surface area contributed by atoms with Gasteiger partial charge in [0.1, 0.15) is 0 Å². The van der Waals surface area contributed by atoms with E-state index in [-0.39, 0.29) is 16.8 Å². The highest BCUT2D eigenvalue weighted by molar-refractivity contribution is 7.89. The molecule has 2 heterocycles. The first kappa shape index (κ1) is 17.3. The van der Waals surface area contributed by atoms with E-state index in [9.17, 15) is 13.2 Å². The Morgan fingerprint density at radius 2 is 1.92 bits per heavy atom. The quantitative estimate of drug-likeness (QED) is 0.807. The molecule has 2 fully saturated rings. The minimum absolute atomic E-state index is 0.137. The normalized spacial score (nSPS) is 20.7. The van der Waals surface area contributed by atoms with E-state index in [2.05, 4.69) is 10.6 Å². The lowest BCUT2D eigenvalue weighted by Gasteiger charge is -2.26. The molecule has 0 bridgehead atoms. The van der Waals surface area contributed by atoms with Gasteiger partial charge in [-0.2, -0.15) is 4.31 Å². The van der Waals surface area contributed by atoms with Crippen LogP contribution < -0.4 is 10.6 Å². The standard InChI is InChI=1S/C16H23N3O4S/c20-16(18-14-4-6-17-7-5-14)13-2-1-3-15(12-13)24(21,22)19-8-10-23-11-9-19/h1-3,12,14,17H,4-11H2,(H,18,20). The maximum Gasteiger partial charge on any atom is 0.251 e. The summed E-state index contributed by atoms with van der Waals surface area (Å²) in [6.07, 6.45) is 1.77. The van der Waals surface area contributed by atoms with E-state index in [1.807, 2.05) is 0 Å². The number of hydrogen-bond donors (Lipinski definition) is 2. The molecule has 1 amide bonds. The Hall–Kier alpha value is -1.48. The van der Waals surface area contributed by atoms with Crippen molar-refractivity contribution in [2.75, 3.05) is 39.4 Å². The fraction of sp³-hybridized carbons (Fsp3) is 0.562. The first-order chi connectivity index (χ1) is 11.6. The van der Waals surface area contributed by atoms with Crippen LogP contribution in [0.2, 0.25) is 0 Å². The summed E-state index contributed by atoms with van der Waals surface area (Å²) in [5, 5.41) is 6.23. The van der Waals surface area contributed by atoms with Crippen LogP contribution in [0.4, 0.5) is 0 Å². The second-order valence-electron chi connectivity index (χ2n) is 6.04. The van der Waals surface area contributed by atoms with Gasteiger partial charge in [-0.15, -0.1) is 0 Å². The van der Waals surface area contributed by atoms with Gasteiger partial charge in [0.05, 0.1) is 18.1 Å². The topological polar surface area (TPSA) is 87.7 Å². The van der Waals surface area contributed by atoms with Gasteiger partial charge < -0.3 is 15.4 Å². The van der Waals surface area contributed by atoms with Gasteiger partial charge >= 0.3 is 0 Å². The number of nitrogens with zero attached hydrogens (tertiary/aromatic N) is 1. The third-order valence-electron chi connectivity index (χ3n) is 4.38. The van der Waals surface area contributed by atoms with E-state index in [0.717, 1.165) is 25.9 Å². The van der Waals surface area contributed by atoms with E-state index in [1.54, 1.807) is 12.1 Å². The molecule has 2 aliphatic heterocycles. The lowest BCUT2D eigenvalue weighted by atomic mass is 10.1. The first-order valence-electron chi connectivity index (χ1n) is 8.27. The number of piperidine rings is 1. The molecule has 0 spiro atoms. The molecular weight excluding hydrogens is 330 g/mol. The number of hydrogen-bond acceptors (Lipinski definition) is 5. The SMILES string of the molecule is O=C(NC1CCNCC1)c1cccc(S(=O)(=O)N2CCOCC2)c1. The molecule has 0 unspecified atom stereocenters. The molecule has 3 rings (SSSR count). The Labute approximate surface area is 142 Å². The summed E-state index contributed by atoms with van der Waals surface area (Å²) >= 11 is 0. The predicted molar refractivity (Wildman–Crippen MR) is 89.4 cm³/mol. The molecule has 1 aromatic carbocycles. The maximum absolute atomic E-state index is 12.7. The van der Waals surface area contributed by atoms with Gasteiger partial charge in [-0.05, 0) is 44.1 Å². The zero-order valence-electron chi connectivity index (χ0n) is 13.5. The van der Waals surface area contributed by atoms with Crippen molar-refractivity contribution in [3.8, 4) is 0 Å². The number of nitrogens with one attached hydrogen (secondary N) is 2. The summed E-state index contributed by atoms with van der Waals surface area (Å²) in [6, 6.07) is 6.39. The van der Waals surface area contributed by atoms with Crippen molar-refractivity contribution in [3.05, 3.63) is 29.8 Å². The summed E-state index contributed by atoms with van der Waals surface area (Å²) < 4.78 is 32.0. The van der Waals surface area contributed by atoms with Crippen LogP contribution in [0.5, 0.6) is 0 Å². The van der Waals surface area contributed by atoms with Gasteiger partial charge in [-0.3, -0.25) is 4.79 Å². The summed E-state index contributed by atoms with van der Waals surface area (Å²) in [4.78, 5) is 12.6. The van der Waals surface area contributed by atoms with E-state index >= 15 is 0 Å². The Morgan fingerprint density at radius 3 is 2.62 bits per heavy atom. The molecule has 7 nitrogen and oxygen atoms in total. The smallest absolute Gasteiger partial charge is 0.251 e. The number of sulfonamides is 1. The van der Waals surface area contributed by atoms with Gasteiger partial charge in [-0.25, -0.2) is 8.42 Å². The number of benzene rings is 1. The Balaban J connectivity index is 1.74. The molecule has 2 saturated heterocycles. The maximum atomic E-state index is 12.7. The van der Waals surface area contributed by atoms with Crippen LogP contribution in [0.25, 0.3) is 0 Å². The lowest BCUT2D eigenvalue weighted by molar-refractivity contribution is 0.0730. The summed E-state index contributed by atoms with van der Waals surface area (Å²) in [7, 11) is -3.59. The second-order valence-corrected chi connectivity index (χ2v) is 7.98. The number of rotatable bonds is 4. The minimum Gasteiger partial charge on any atom is -0.379 e. The number of ether oxygens (including phenoxy) is 1. The highest BCUT2D eigenvalue weighted by Crippen LogP contribution is 2.18. The van der Waals surface area contributed by atoms with Crippen molar-refractivity contribution in [1.82, 2.24) is 14.9 Å². The number of carbonyl (C=O) groups is 1. The molecule has 8 heteroatoms. The molecule has 0 radical (unpaired) electrons. The summed E-state index contributed by atoms with van der Waals surface area (Å²) in [5.74, 6) is -0.221. The van der Waals surface area contributed by atoms with E-state index in [4.69, 9.17) is 4.74 Å². The molecule has 0 aromatic heterocycles. The highest BCUT2D eigenvalue weighted by atomic mass is 32.2. The van der Waals surface area contributed by atoms with Crippen molar-refractivity contribution in [2.24, 2.45) is 0 Å². The van der Waals surface area contributed by atoms with Crippen molar-refractivity contribution in [3.63, 3.8) is 0 Å². The molecule has 0 saturated carbocycles. The van der Waals surface area contributed by atoms with Crippen LogP contribution >= 0.6 is 0 Å². The largest absolute Gasteiger partial charge is 0.379 e. The Bertz CT molecular complexity index is 680. The molecular formula is C16H23N3O4S. The third-order valence-corrected chi connectivity index (χ3v) is 6.27. The molecule has 2 aliphatic rings. The number of amides is 1. The van der Waals surface area contributed by atoms with Crippen molar-refractivity contribution >= 4 is 15.9 Å². The van der Waals surface area contributed by atoms with Crippen LogP contribution in [0.3, 0.4) is 0 Å². The van der Waals surface area contributed by atoms with E-state index in [1.165, 1.54) is 16.4 Å². The minimum atomic E-state index is -3.59. The number of carbonyl (C=O) groups excluding carboxylic acids is 1. The van der Waals surface area contributed by atoms with E-state index < -0.39 is 10.0 Å². The molecule has 24 heavy (non-hydrogen) atoms. The Morgan fingerprint density at radius 1 is 1.21 bits per heavy atom. The van der Waals surface area contributed by atoms with Gasteiger partial charge in [0.2, 0.25) is 10.0 Å². The lowest BCUT2D eigenvalue weighted by Crippen LogP contribution is -2.43. The van der Waals surface area contributed by atoms with Crippen LogP contribution in [-0.4, -0.2) is 64.1 Å². The molecule has 1 aromatic rings. The van der Waals surface area contributed by atoms with Crippen molar-refractivity contribution in [1.29, 1.82) is 0 Å². The first-order valence-corrected chi connectivity index (χ1v) is 9.71. The Kier molecular flexibility index (Phi) is 5.50.